The molecule has 3 heteroatoms. The number of rotatable bonds is 5. The number of anilines is 1. The van der Waals surface area contributed by atoms with Crippen LogP contribution in [-0.2, 0) is 0 Å². The normalized spacial score (nSPS) is 12.4. The van der Waals surface area contributed by atoms with Crippen LogP contribution in [0.15, 0.2) is 48.5 Å². The smallest absolute Gasteiger partial charge is 0.122 e. The third-order valence-electron chi connectivity index (χ3n) is 3.23. The molecule has 3 N–H and O–H groups in total. The molecule has 0 saturated carbocycles. The lowest BCUT2D eigenvalue weighted by molar-refractivity contribution is 0.107. The van der Waals surface area contributed by atoms with Crippen LogP contribution in [0.2, 0.25) is 0 Å². The van der Waals surface area contributed by atoms with Gasteiger partial charge in [-0.25, -0.2) is 0 Å². The number of para-hydroxylation sites is 1. The Labute approximate surface area is 120 Å². The monoisotopic (exact) mass is 271 g/mol. The first-order chi connectivity index (χ1) is 9.58. The van der Waals surface area contributed by atoms with Crippen molar-refractivity contribution >= 4 is 5.69 Å². The second-order valence-electron chi connectivity index (χ2n) is 5.19. The third-order valence-corrected chi connectivity index (χ3v) is 3.23. The fraction of sp³-hybridized carbons (Fsp3) is 0.294. The van der Waals surface area contributed by atoms with Crippen LogP contribution >= 0.6 is 0 Å². The first-order valence-electron chi connectivity index (χ1n) is 6.83. The van der Waals surface area contributed by atoms with Gasteiger partial charge in [0, 0.05) is 5.69 Å². The van der Waals surface area contributed by atoms with Crippen molar-refractivity contribution in [1.82, 2.24) is 0 Å². The number of nitrogens with two attached hydrogens (primary N) is 1. The number of benzene rings is 2. The molecule has 0 bridgehead atoms. The lowest BCUT2D eigenvalue weighted by atomic mass is 10.0. The van der Waals surface area contributed by atoms with E-state index in [1.165, 1.54) is 0 Å². The van der Waals surface area contributed by atoms with E-state index >= 15 is 0 Å². The Morgan fingerprint density at radius 3 is 2.55 bits per heavy atom. The van der Waals surface area contributed by atoms with Gasteiger partial charge in [0.15, 0.2) is 0 Å². The molecule has 106 valence electrons. The summed E-state index contributed by atoms with van der Waals surface area (Å²) in [7, 11) is 0. The van der Waals surface area contributed by atoms with Crippen molar-refractivity contribution in [3.8, 4) is 5.75 Å². The molecule has 0 radical (unpaired) electrons. The molecule has 1 unspecified atom stereocenters. The van der Waals surface area contributed by atoms with E-state index in [0.717, 1.165) is 16.9 Å². The molecule has 20 heavy (non-hydrogen) atoms. The molecule has 0 saturated heterocycles. The molecule has 0 aliphatic rings. The molecule has 1 atom stereocenters. The maximum atomic E-state index is 10.2. The second kappa shape index (κ2) is 6.44. The quantitative estimate of drug-likeness (QED) is 0.818. The molecule has 2 aromatic carbocycles. The molecule has 0 aliphatic carbocycles. The summed E-state index contributed by atoms with van der Waals surface area (Å²) in [6.07, 6.45) is -0.682. The Morgan fingerprint density at radius 1 is 1.10 bits per heavy atom. The van der Waals surface area contributed by atoms with Gasteiger partial charge in [-0.2, -0.15) is 0 Å². The van der Waals surface area contributed by atoms with Crippen LogP contribution in [0.3, 0.4) is 0 Å². The third kappa shape index (κ3) is 3.52. The Hall–Kier alpha value is -2.00. The standard InChI is InChI=1S/C17H21NO2/c1-12(2)15-8-3-4-9-17(15)20-11-16(19)13-6-5-7-14(18)10-13/h3-10,12,16,19H,11,18H2,1-2H3. The van der Waals surface area contributed by atoms with E-state index in [9.17, 15) is 5.11 Å². The molecule has 2 rings (SSSR count). The Kier molecular flexibility index (Phi) is 4.64. The summed E-state index contributed by atoms with van der Waals surface area (Å²) in [6.45, 7) is 4.46. The van der Waals surface area contributed by atoms with Crippen molar-refractivity contribution in [1.29, 1.82) is 0 Å². The van der Waals surface area contributed by atoms with Gasteiger partial charge in [0.05, 0.1) is 0 Å². The summed E-state index contributed by atoms with van der Waals surface area (Å²) < 4.78 is 5.76. The van der Waals surface area contributed by atoms with Gasteiger partial charge in [0.1, 0.15) is 18.5 Å². The first kappa shape index (κ1) is 14.4. The fourth-order valence-electron chi connectivity index (χ4n) is 2.12. The molecule has 0 heterocycles. The number of aliphatic hydroxyl groups excluding tert-OH is 1. The van der Waals surface area contributed by atoms with E-state index in [4.69, 9.17) is 10.5 Å². The van der Waals surface area contributed by atoms with Crippen molar-refractivity contribution in [3.63, 3.8) is 0 Å². The highest BCUT2D eigenvalue weighted by molar-refractivity contribution is 5.41. The van der Waals surface area contributed by atoms with E-state index in [2.05, 4.69) is 13.8 Å². The summed E-state index contributed by atoms with van der Waals surface area (Å²) in [5.74, 6) is 1.21. The molecule has 0 aromatic heterocycles. The van der Waals surface area contributed by atoms with Crippen molar-refractivity contribution in [2.45, 2.75) is 25.9 Å². The lowest BCUT2D eigenvalue weighted by Crippen LogP contribution is -2.11. The van der Waals surface area contributed by atoms with Gasteiger partial charge < -0.3 is 15.6 Å². The molecule has 0 amide bonds. The Balaban J connectivity index is 2.05. The van der Waals surface area contributed by atoms with E-state index in [1.54, 1.807) is 12.1 Å². The van der Waals surface area contributed by atoms with Crippen molar-refractivity contribution < 1.29 is 9.84 Å². The zero-order chi connectivity index (χ0) is 14.5. The van der Waals surface area contributed by atoms with Gasteiger partial charge in [0.2, 0.25) is 0 Å². The van der Waals surface area contributed by atoms with Gasteiger partial charge >= 0.3 is 0 Å². The predicted octanol–water partition coefficient (Wildman–Crippen LogP) is 3.50. The van der Waals surface area contributed by atoms with Gasteiger partial charge in [-0.1, -0.05) is 44.2 Å². The molecule has 0 spiro atoms. The molecular weight excluding hydrogens is 250 g/mol. The van der Waals surface area contributed by atoms with Gasteiger partial charge in [-0.3, -0.25) is 0 Å². The number of aliphatic hydroxyl groups is 1. The Bertz CT molecular complexity index is 566. The zero-order valence-electron chi connectivity index (χ0n) is 11.9. The number of nitrogen functional groups attached to an aromatic ring is 1. The highest BCUT2D eigenvalue weighted by atomic mass is 16.5. The summed E-state index contributed by atoms with van der Waals surface area (Å²) in [4.78, 5) is 0. The van der Waals surface area contributed by atoms with Gasteiger partial charge in [-0.05, 0) is 35.2 Å². The van der Waals surface area contributed by atoms with E-state index in [1.807, 2.05) is 36.4 Å². The molecule has 0 fully saturated rings. The topological polar surface area (TPSA) is 55.5 Å². The average Bonchev–Trinajstić information content (AvgIpc) is 2.45. The minimum Gasteiger partial charge on any atom is -0.490 e. The van der Waals surface area contributed by atoms with Crippen LogP contribution in [-0.4, -0.2) is 11.7 Å². The highest BCUT2D eigenvalue weighted by Crippen LogP contribution is 2.27. The van der Waals surface area contributed by atoms with Crippen LogP contribution in [0.4, 0.5) is 5.69 Å². The summed E-state index contributed by atoms with van der Waals surface area (Å²) in [5.41, 5.74) is 8.27. The molecule has 2 aromatic rings. The van der Waals surface area contributed by atoms with Crippen LogP contribution < -0.4 is 10.5 Å². The SMILES string of the molecule is CC(C)c1ccccc1OCC(O)c1cccc(N)c1. The minimum atomic E-state index is -0.682. The predicted molar refractivity (Wildman–Crippen MR) is 81.8 cm³/mol. The fourth-order valence-corrected chi connectivity index (χ4v) is 2.12. The summed E-state index contributed by atoms with van der Waals surface area (Å²) in [6, 6.07) is 15.2. The van der Waals surface area contributed by atoms with Gasteiger partial charge in [-0.15, -0.1) is 0 Å². The van der Waals surface area contributed by atoms with Crippen molar-refractivity contribution in [2.24, 2.45) is 0 Å². The number of ether oxygens (including phenoxy) is 1. The summed E-state index contributed by atoms with van der Waals surface area (Å²) >= 11 is 0. The van der Waals surface area contributed by atoms with Crippen LogP contribution in [0.5, 0.6) is 5.75 Å². The van der Waals surface area contributed by atoms with Crippen molar-refractivity contribution in [2.75, 3.05) is 12.3 Å². The van der Waals surface area contributed by atoms with Crippen LogP contribution in [0.25, 0.3) is 0 Å². The largest absolute Gasteiger partial charge is 0.490 e. The summed E-state index contributed by atoms with van der Waals surface area (Å²) in [5, 5.41) is 10.2. The average molecular weight is 271 g/mol. The van der Waals surface area contributed by atoms with E-state index in [0.29, 0.717) is 11.6 Å². The minimum absolute atomic E-state index is 0.215. The van der Waals surface area contributed by atoms with E-state index in [-0.39, 0.29) is 6.61 Å². The highest BCUT2D eigenvalue weighted by Gasteiger charge is 2.11. The molecule has 3 nitrogen and oxygen atoms in total. The number of hydrogen-bond acceptors (Lipinski definition) is 3. The lowest BCUT2D eigenvalue weighted by Gasteiger charge is -2.17. The molecule has 0 aliphatic heterocycles. The number of hydrogen-bond donors (Lipinski definition) is 2. The van der Waals surface area contributed by atoms with Crippen LogP contribution in [0.1, 0.15) is 37.0 Å². The van der Waals surface area contributed by atoms with Crippen LogP contribution in [0, 0.1) is 0 Å². The maximum Gasteiger partial charge on any atom is 0.122 e. The van der Waals surface area contributed by atoms with Gasteiger partial charge in [0.25, 0.3) is 0 Å². The van der Waals surface area contributed by atoms with E-state index < -0.39 is 6.10 Å². The second-order valence-corrected chi connectivity index (χ2v) is 5.19. The molecular formula is C17H21NO2. The Morgan fingerprint density at radius 2 is 1.85 bits per heavy atom. The van der Waals surface area contributed by atoms with Crippen molar-refractivity contribution in [3.05, 3.63) is 59.7 Å². The first-order valence-corrected chi connectivity index (χ1v) is 6.83. The zero-order valence-corrected chi connectivity index (χ0v) is 11.9. The maximum absolute atomic E-state index is 10.2.